The summed E-state index contributed by atoms with van der Waals surface area (Å²) in [6, 6.07) is 31.3. The summed E-state index contributed by atoms with van der Waals surface area (Å²) in [7, 11) is 0. The fourth-order valence-corrected chi connectivity index (χ4v) is 3.92. The normalized spacial score (nSPS) is 11.8. The van der Waals surface area contributed by atoms with Crippen LogP contribution in [0.2, 0.25) is 0 Å². The van der Waals surface area contributed by atoms with Crippen molar-refractivity contribution in [2.24, 2.45) is 0 Å². The van der Waals surface area contributed by atoms with Crippen LogP contribution in [0.3, 0.4) is 0 Å². The van der Waals surface area contributed by atoms with Crippen molar-refractivity contribution >= 4 is 5.91 Å². The van der Waals surface area contributed by atoms with E-state index in [1.165, 1.54) is 0 Å². The third kappa shape index (κ3) is 4.66. The summed E-state index contributed by atoms with van der Waals surface area (Å²) >= 11 is 0. The highest BCUT2D eigenvalue weighted by molar-refractivity contribution is 5.91. The zero-order valence-corrected chi connectivity index (χ0v) is 18.8. The van der Waals surface area contributed by atoms with Gasteiger partial charge in [-0.1, -0.05) is 72.8 Å². The average Bonchev–Trinajstić information content (AvgIpc) is 3.55. The number of aryl methyl sites for hydroxylation is 1. The number of rotatable bonds is 7. The predicted molar refractivity (Wildman–Crippen MR) is 131 cm³/mol. The first-order chi connectivity index (χ1) is 16.7. The average molecular weight is 449 g/mol. The van der Waals surface area contributed by atoms with Crippen LogP contribution in [0.4, 0.5) is 0 Å². The van der Waals surface area contributed by atoms with Crippen LogP contribution in [-0.2, 0) is 6.42 Å². The van der Waals surface area contributed by atoms with Gasteiger partial charge in [-0.05, 0) is 54.3 Å². The third-order valence-corrected chi connectivity index (χ3v) is 5.59. The van der Waals surface area contributed by atoms with Gasteiger partial charge in [0, 0.05) is 0 Å². The summed E-state index contributed by atoms with van der Waals surface area (Å²) in [6.07, 6.45) is 2.23. The molecule has 2 aromatic heterocycles. The maximum atomic E-state index is 13.4. The molecule has 2 heterocycles. The lowest BCUT2D eigenvalue weighted by Gasteiger charge is -2.18. The number of carbonyl (C=O) groups excluding carboxylic acids is 1. The molecule has 0 spiro atoms. The molecule has 0 saturated carbocycles. The molecule has 0 aliphatic heterocycles. The number of hydrogen-bond donors (Lipinski definition) is 1. The van der Waals surface area contributed by atoms with E-state index in [1.54, 1.807) is 23.1 Å². The monoisotopic (exact) mass is 448 g/mol. The van der Waals surface area contributed by atoms with E-state index in [1.807, 2.05) is 79.7 Å². The van der Waals surface area contributed by atoms with Crippen LogP contribution < -0.4 is 5.32 Å². The Morgan fingerprint density at radius 2 is 1.71 bits per heavy atom. The Labute approximate surface area is 197 Å². The molecule has 1 N–H and O–H groups in total. The van der Waals surface area contributed by atoms with Gasteiger partial charge in [-0.15, -0.1) is 5.10 Å². The lowest BCUT2D eigenvalue weighted by molar-refractivity contribution is 0.0926. The standard InChI is InChI=1S/C28H24N4O2/c1-20-10-8-15-23(18-20)32-27(25-16-9-17-34-25)30-26(31-32)28(33)29-24(22-13-6-3-7-14-22)19-21-11-4-2-5-12-21/h2-18,24H,19H2,1H3,(H,29,33)/t24-/m0/s1. The summed E-state index contributed by atoms with van der Waals surface area (Å²) in [6.45, 7) is 2.01. The maximum absolute atomic E-state index is 13.4. The fourth-order valence-electron chi connectivity index (χ4n) is 3.92. The number of benzene rings is 3. The van der Waals surface area contributed by atoms with E-state index in [4.69, 9.17) is 4.42 Å². The summed E-state index contributed by atoms with van der Waals surface area (Å²) in [4.78, 5) is 17.9. The minimum Gasteiger partial charge on any atom is -0.461 e. The minimum absolute atomic E-state index is 0.0851. The van der Waals surface area contributed by atoms with Crippen LogP contribution in [0, 0.1) is 6.92 Å². The summed E-state index contributed by atoms with van der Waals surface area (Å²) in [5.41, 5.74) is 4.04. The molecule has 0 unspecified atom stereocenters. The molecule has 0 fully saturated rings. The van der Waals surface area contributed by atoms with E-state index >= 15 is 0 Å². The van der Waals surface area contributed by atoms with Gasteiger partial charge in [0.1, 0.15) is 0 Å². The van der Waals surface area contributed by atoms with E-state index in [0.29, 0.717) is 18.0 Å². The largest absolute Gasteiger partial charge is 0.461 e. The second-order valence-corrected chi connectivity index (χ2v) is 8.11. The SMILES string of the molecule is Cc1cccc(-n2nc(C(=O)N[C@@H](Cc3ccccc3)c3ccccc3)nc2-c2ccco2)c1. The van der Waals surface area contributed by atoms with Gasteiger partial charge in [0.05, 0.1) is 18.0 Å². The number of nitrogens with one attached hydrogen (secondary N) is 1. The van der Waals surface area contributed by atoms with Crippen molar-refractivity contribution in [1.29, 1.82) is 0 Å². The Morgan fingerprint density at radius 1 is 0.941 bits per heavy atom. The van der Waals surface area contributed by atoms with E-state index < -0.39 is 0 Å². The van der Waals surface area contributed by atoms with Crippen molar-refractivity contribution in [3.05, 3.63) is 126 Å². The Balaban J connectivity index is 1.49. The van der Waals surface area contributed by atoms with Crippen LogP contribution in [0.25, 0.3) is 17.3 Å². The molecule has 1 amide bonds. The third-order valence-electron chi connectivity index (χ3n) is 5.59. The number of nitrogens with zero attached hydrogens (tertiary/aromatic N) is 3. The Hall–Kier alpha value is -4.45. The number of hydrogen-bond acceptors (Lipinski definition) is 4. The Morgan fingerprint density at radius 3 is 2.41 bits per heavy atom. The van der Waals surface area contributed by atoms with Crippen LogP contribution in [0.1, 0.15) is 33.4 Å². The Bertz CT molecular complexity index is 1380. The van der Waals surface area contributed by atoms with Gasteiger partial charge >= 0.3 is 0 Å². The number of carbonyl (C=O) groups is 1. The van der Waals surface area contributed by atoms with Crippen LogP contribution in [0.15, 0.2) is 108 Å². The first-order valence-corrected chi connectivity index (χ1v) is 11.1. The topological polar surface area (TPSA) is 73.0 Å². The second-order valence-electron chi connectivity index (χ2n) is 8.11. The molecule has 0 aliphatic rings. The molecule has 0 saturated heterocycles. The molecule has 5 aromatic rings. The molecule has 34 heavy (non-hydrogen) atoms. The molecule has 6 nitrogen and oxygen atoms in total. The molecular formula is C28H24N4O2. The lowest BCUT2D eigenvalue weighted by Crippen LogP contribution is -2.31. The highest BCUT2D eigenvalue weighted by atomic mass is 16.3. The van der Waals surface area contributed by atoms with E-state index in [0.717, 1.165) is 22.4 Å². The minimum atomic E-state index is -0.344. The van der Waals surface area contributed by atoms with Gasteiger partial charge in [-0.25, -0.2) is 4.68 Å². The van der Waals surface area contributed by atoms with Crippen molar-refractivity contribution in [3.8, 4) is 17.3 Å². The first kappa shape index (κ1) is 21.4. The smallest absolute Gasteiger partial charge is 0.291 e. The van der Waals surface area contributed by atoms with Gasteiger partial charge in [0.25, 0.3) is 5.91 Å². The molecule has 3 aromatic carbocycles. The highest BCUT2D eigenvalue weighted by Gasteiger charge is 2.23. The van der Waals surface area contributed by atoms with Crippen molar-refractivity contribution in [1.82, 2.24) is 20.1 Å². The van der Waals surface area contributed by atoms with Crippen LogP contribution >= 0.6 is 0 Å². The maximum Gasteiger partial charge on any atom is 0.291 e. The summed E-state index contributed by atoms with van der Waals surface area (Å²) in [5, 5.41) is 7.70. The van der Waals surface area contributed by atoms with Gasteiger partial charge in [0.15, 0.2) is 11.6 Å². The summed E-state index contributed by atoms with van der Waals surface area (Å²) in [5.74, 6) is 0.753. The van der Waals surface area contributed by atoms with Gasteiger partial charge in [-0.2, -0.15) is 4.98 Å². The van der Waals surface area contributed by atoms with Crippen molar-refractivity contribution in [3.63, 3.8) is 0 Å². The van der Waals surface area contributed by atoms with Crippen LogP contribution in [-0.4, -0.2) is 20.7 Å². The number of furan rings is 1. The highest BCUT2D eigenvalue weighted by Crippen LogP contribution is 2.23. The van der Waals surface area contributed by atoms with Crippen molar-refractivity contribution in [2.75, 3.05) is 0 Å². The summed E-state index contributed by atoms with van der Waals surface area (Å²) < 4.78 is 7.23. The van der Waals surface area contributed by atoms with Crippen molar-refractivity contribution in [2.45, 2.75) is 19.4 Å². The molecular weight excluding hydrogens is 424 g/mol. The van der Waals surface area contributed by atoms with Gasteiger partial charge in [0.2, 0.25) is 5.82 Å². The molecule has 0 aliphatic carbocycles. The van der Waals surface area contributed by atoms with E-state index in [2.05, 4.69) is 27.5 Å². The number of aromatic nitrogens is 3. The molecule has 0 bridgehead atoms. The van der Waals surface area contributed by atoms with Crippen LogP contribution in [0.5, 0.6) is 0 Å². The molecule has 0 radical (unpaired) electrons. The molecule has 5 rings (SSSR count). The van der Waals surface area contributed by atoms with E-state index in [9.17, 15) is 4.79 Å². The van der Waals surface area contributed by atoms with Crippen molar-refractivity contribution < 1.29 is 9.21 Å². The fraction of sp³-hybridized carbons (Fsp3) is 0.107. The second kappa shape index (κ2) is 9.58. The molecule has 1 atom stereocenters. The van der Waals surface area contributed by atoms with Gasteiger partial charge in [-0.3, -0.25) is 4.79 Å². The first-order valence-electron chi connectivity index (χ1n) is 11.1. The molecule has 168 valence electrons. The zero-order chi connectivity index (χ0) is 23.3. The lowest BCUT2D eigenvalue weighted by atomic mass is 9.99. The Kier molecular flexibility index (Phi) is 6.03. The zero-order valence-electron chi connectivity index (χ0n) is 18.8. The quantitative estimate of drug-likeness (QED) is 0.354. The number of amides is 1. The predicted octanol–water partition coefficient (Wildman–Crippen LogP) is 5.55. The van der Waals surface area contributed by atoms with E-state index in [-0.39, 0.29) is 17.8 Å². The molecule has 6 heteroatoms. The van der Waals surface area contributed by atoms with Gasteiger partial charge < -0.3 is 9.73 Å².